The standard InChI is InChI=1S/C18H20N4O4/c1-26-17-4-2-3-14(13-17)19-18(23)21-11-9-20(10-12-21)15-5-7-16(8-6-15)22(24)25/h2-8,13H,9-12H2,1H3,(H,19,23). The largest absolute Gasteiger partial charge is 0.497 e. The maximum Gasteiger partial charge on any atom is 0.321 e. The first kappa shape index (κ1) is 17.5. The SMILES string of the molecule is COc1cccc(NC(=O)N2CCN(c3ccc([N+](=O)[O-])cc3)CC2)c1. The lowest BCUT2D eigenvalue weighted by Crippen LogP contribution is -2.50. The quantitative estimate of drug-likeness (QED) is 0.672. The summed E-state index contributed by atoms with van der Waals surface area (Å²) in [5.74, 6) is 0.686. The number of ether oxygens (including phenoxy) is 1. The maximum atomic E-state index is 12.4. The summed E-state index contributed by atoms with van der Waals surface area (Å²) in [5, 5.41) is 13.6. The summed E-state index contributed by atoms with van der Waals surface area (Å²) >= 11 is 0. The number of nitro groups is 1. The van der Waals surface area contributed by atoms with E-state index in [0.29, 0.717) is 37.6 Å². The highest BCUT2D eigenvalue weighted by molar-refractivity contribution is 5.89. The number of urea groups is 1. The Hall–Kier alpha value is -3.29. The highest BCUT2D eigenvalue weighted by atomic mass is 16.6. The zero-order valence-corrected chi connectivity index (χ0v) is 14.4. The fraction of sp³-hybridized carbons (Fsp3) is 0.278. The number of nitro benzene ring substituents is 1. The van der Waals surface area contributed by atoms with Crippen LogP contribution in [0, 0.1) is 10.1 Å². The van der Waals surface area contributed by atoms with E-state index in [1.54, 1.807) is 30.2 Å². The molecular formula is C18H20N4O4. The molecule has 136 valence electrons. The molecule has 0 saturated carbocycles. The van der Waals surface area contributed by atoms with Gasteiger partial charge in [-0.3, -0.25) is 10.1 Å². The minimum Gasteiger partial charge on any atom is -0.497 e. The van der Waals surface area contributed by atoms with Crippen LogP contribution in [0.2, 0.25) is 0 Å². The lowest BCUT2D eigenvalue weighted by Gasteiger charge is -2.36. The average Bonchev–Trinajstić information content (AvgIpc) is 2.68. The third-order valence-electron chi connectivity index (χ3n) is 4.31. The molecule has 1 aliphatic rings. The Kier molecular flexibility index (Phi) is 5.21. The van der Waals surface area contributed by atoms with Crippen LogP contribution < -0.4 is 15.0 Å². The van der Waals surface area contributed by atoms with Crippen molar-refractivity contribution in [1.29, 1.82) is 0 Å². The van der Waals surface area contributed by atoms with Crippen molar-refractivity contribution in [2.24, 2.45) is 0 Å². The Balaban J connectivity index is 1.55. The van der Waals surface area contributed by atoms with Crippen LogP contribution in [0.15, 0.2) is 48.5 Å². The molecule has 2 amide bonds. The number of benzene rings is 2. The lowest BCUT2D eigenvalue weighted by atomic mass is 10.2. The van der Waals surface area contributed by atoms with E-state index in [0.717, 1.165) is 5.69 Å². The van der Waals surface area contributed by atoms with E-state index < -0.39 is 4.92 Å². The van der Waals surface area contributed by atoms with Crippen molar-refractivity contribution in [3.8, 4) is 5.75 Å². The fourth-order valence-corrected chi connectivity index (χ4v) is 2.86. The van der Waals surface area contributed by atoms with Gasteiger partial charge in [0.2, 0.25) is 0 Å². The van der Waals surface area contributed by atoms with Gasteiger partial charge in [0.25, 0.3) is 5.69 Å². The predicted octanol–water partition coefficient (Wildman–Crippen LogP) is 2.96. The van der Waals surface area contributed by atoms with Gasteiger partial charge in [-0.15, -0.1) is 0 Å². The van der Waals surface area contributed by atoms with E-state index in [2.05, 4.69) is 10.2 Å². The Labute approximate surface area is 151 Å². The lowest BCUT2D eigenvalue weighted by molar-refractivity contribution is -0.384. The van der Waals surface area contributed by atoms with Crippen molar-refractivity contribution in [2.75, 3.05) is 43.5 Å². The summed E-state index contributed by atoms with van der Waals surface area (Å²) in [4.78, 5) is 26.6. The van der Waals surface area contributed by atoms with Gasteiger partial charge >= 0.3 is 6.03 Å². The number of carbonyl (C=O) groups is 1. The molecule has 1 heterocycles. The van der Waals surface area contributed by atoms with E-state index in [1.807, 2.05) is 18.2 Å². The molecule has 1 fully saturated rings. The number of methoxy groups -OCH3 is 1. The van der Waals surface area contributed by atoms with Gasteiger partial charge in [-0.1, -0.05) is 6.07 Å². The molecular weight excluding hydrogens is 336 g/mol. The minimum atomic E-state index is -0.412. The number of non-ortho nitro benzene ring substituents is 1. The first-order valence-corrected chi connectivity index (χ1v) is 8.26. The second-order valence-electron chi connectivity index (χ2n) is 5.91. The molecule has 0 unspecified atom stereocenters. The molecule has 0 atom stereocenters. The van der Waals surface area contributed by atoms with E-state index in [4.69, 9.17) is 4.74 Å². The highest BCUT2D eigenvalue weighted by Gasteiger charge is 2.21. The first-order valence-electron chi connectivity index (χ1n) is 8.26. The van der Waals surface area contributed by atoms with Crippen LogP contribution in [0.5, 0.6) is 5.75 Å². The highest BCUT2D eigenvalue weighted by Crippen LogP contribution is 2.21. The number of piperazine rings is 1. The van der Waals surface area contributed by atoms with E-state index in [9.17, 15) is 14.9 Å². The molecule has 1 N–H and O–H groups in total. The maximum absolute atomic E-state index is 12.4. The first-order chi connectivity index (χ1) is 12.6. The molecule has 0 spiro atoms. The third kappa shape index (κ3) is 4.02. The van der Waals surface area contributed by atoms with Gasteiger partial charge in [0.15, 0.2) is 0 Å². The van der Waals surface area contributed by atoms with Crippen molar-refractivity contribution in [3.05, 3.63) is 58.6 Å². The van der Waals surface area contributed by atoms with Crippen LogP contribution in [-0.4, -0.2) is 49.1 Å². The molecule has 26 heavy (non-hydrogen) atoms. The van der Waals surface area contributed by atoms with E-state index >= 15 is 0 Å². The Bertz CT molecular complexity index is 786. The topological polar surface area (TPSA) is 88.0 Å². The van der Waals surface area contributed by atoms with Gasteiger partial charge in [0, 0.05) is 55.8 Å². The number of nitrogens with one attached hydrogen (secondary N) is 1. The van der Waals surface area contributed by atoms with Crippen LogP contribution in [0.3, 0.4) is 0 Å². The van der Waals surface area contributed by atoms with Crippen LogP contribution in [0.1, 0.15) is 0 Å². The Morgan fingerprint density at radius 2 is 1.81 bits per heavy atom. The number of nitrogens with zero attached hydrogens (tertiary/aromatic N) is 3. The predicted molar refractivity (Wildman–Crippen MR) is 98.9 cm³/mol. The zero-order chi connectivity index (χ0) is 18.5. The molecule has 0 radical (unpaired) electrons. The number of hydrogen-bond acceptors (Lipinski definition) is 5. The van der Waals surface area contributed by atoms with Crippen LogP contribution in [0.25, 0.3) is 0 Å². The van der Waals surface area contributed by atoms with Gasteiger partial charge in [0.05, 0.1) is 12.0 Å². The fourth-order valence-electron chi connectivity index (χ4n) is 2.86. The summed E-state index contributed by atoms with van der Waals surface area (Å²) in [7, 11) is 1.58. The summed E-state index contributed by atoms with van der Waals surface area (Å²) < 4.78 is 5.15. The Morgan fingerprint density at radius 3 is 2.42 bits per heavy atom. The number of carbonyl (C=O) groups excluding carboxylic acids is 1. The number of anilines is 2. The molecule has 8 heteroatoms. The number of rotatable bonds is 4. The second-order valence-corrected chi connectivity index (χ2v) is 5.91. The van der Waals surface area contributed by atoms with E-state index in [-0.39, 0.29) is 11.7 Å². The van der Waals surface area contributed by atoms with Crippen LogP contribution in [-0.2, 0) is 0 Å². The monoisotopic (exact) mass is 356 g/mol. The summed E-state index contributed by atoms with van der Waals surface area (Å²) in [6.07, 6.45) is 0. The van der Waals surface area contributed by atoms with Crippen molar-refractivity contribution < 1.29 is 14.5 Å². The smallest absolute Gasteiger partial charge is 0.321 e. The van der Waals surface area contributed by atoms with Gasteiger partial charge in [0.1, 0.15) is 5.75 Å². The molecule has 1 aliphatic heterocycles. The normalized spacial score (nSPS) is 14.0. The van der Waals surface area contributed by atoms with Crippen molar-refractivity contribution in [2.45, 2.75) is 0 Å². The van der Waals surface area contributed by atoms with Gasteiger partial charge in [-0.2, -0.15) is 0 Å². The summed E-state index contributed by atoms with van der Waals surface area (Å²) in [6, 6.07) is 13.5. The van der Waals surface area contributed by atoms with Crippen molar-refractivity contribution in [3.63, 3.8) is 0 Å². The van der Waals surface area contributed by atoms with Crippen molar-refractivity contribution >= 4 is 23.1 Å². The Morgan fingerprint density at radius 1 is 1.12 bits per heavy atom. The summed E-state index contributed by atoms with van der Waals surface area (Å²) in [6.45, 7) is 2.49. The van der Waals surface area contributed by atoms with Gasteiger partial charge in [-0.25, -0.2) is 4.79 Å². The van der Waals surface area contributed by atoms with Gasteiger partial charge < -0.3 is 19.9 Å². The summed E-state index contributed by atoms with van der Waals surface area (Å²) in [5.41, 5.74) is 1.68. The molecule has 2 aromatic carbocycles. The average molecular weight is 356 g/mol. The van der Waals surface area contributed by atoms with Crippen LogP contribution in [0.4, 0.5) is 21.9 Å². The van der Waals surface area contributed by atoms with Crippen LogP contribution >= 0.6 is 0 Å². The van der Waals surface area contributed by atoms with E-state index in [1.165, 1.54) is 12.1 Å². The second kappa shape index (κ2) is 7.73. The molecule has 3 rings (SSSR count). The molecule has 0 aromatic heterocycles. The molecule has 8 nitrogen and oxygen atoms in total. The molecule has 0 aliphatic carbocycles. The minimum absolute atomic E-state index is 0.0741. The van der Waals surface area contributed by atoms with Gasteiger partial charge in [-0.05, 0) is 24.3 Å². The number of amides is 2. The number of hydrogen-bond donors (Lipinski definition) is 1. The molecule has 2 aromatic rings. The zero-order valence-electron chi connectivity index (χ0n) is 14.4. The molecule has 0 bridgehead atoms. The van der Waals surface area contributed by atoms with Crippen molar-refractivity contribution in [1.82, 2.24) is 4.90 Å². The third-order valence-corrected chi connectivity index (χ3v) is 4.31. The molecule has 1 saturated heterocycles.